The van der Waals surface area contributed by atoms with E-state index in [1.54, 1.807) is 18.2 Å². The minimum absolute atomic E-state index is 0.255. The minimum atomic E-state index is -0.522. The van der Waals surface area contributed by atoms with Gasteiger partial charge in [-0.15, -0.1) is 0 Å². The van der Waals surface area contributed by atoms with E-state index in [4.69, 9.17) is 16.3 Å². The Morgan fingerprint density at radius 2 is 2.11 bits per heavy atom. The van der Waals surface area contributed by atoms with E-state index in [1.165, 1.54) is 0 Å². The van der Waals surface area contributed by atoms with Crippen molar-refractivity contribution in [2.45, 2.75) is 20.0 Å². The number of aliphatic hydroxyl groups is 1. The van der Waals surface area contributed by atoms with Crippen LogP contribution in [0.2, 0.25) is 5.02 Å². The largest absolute Gasteiger partial charge is 0.490 e. The molecule has 0 amide bonds. The lowest BCUT2D eigenvalue weighted by molar-refractivity contribution is 0.105. The van der Waals surface area contributed by atoms with Crippen LogP contribution in [0.3, 0.4) is 0 Å². The van der Waals surface area contributed by atoms with Gasteiger partial charge in [0.1, 0.15) is 18.5 Å². The lowest BCUT2D eigenvalue weighted by Crippen LogP contribution is -2.33. The molecule has 1 unspecified atom stereocenters. The number of nitrogens with one attached hydrogen (secondary N) is 1. The average Bonchev–Trinajstić information content (AvgIpc) is 2.27. The first-order valence-electron chi connectivity index (χ1n) is 5.95. The molecule has 2 N–H and O–H groups in total. The molecular weight excluding hydrogens is 318 g/mol. The smallest absolute Gasteiger partial charge is 0.133 e. The van der Waals surface area contributed by atoms with Crippen LogP contribution in [0.15, 0.2) is 22.7 Å². The first-order valence-corrected chi connectivity index (χ1v) is 7.12. The van der Waals surface area contributed by atoms with Gasteiger partial charge in [-0.25, -0.2) is 0 Å². The van der Waals surface area contributed by atoms with Crippen molar-refractivity contribution in [2.75, 3.05) is 19.7 Å². The van der Waals surface area contributed by atoms with Crippen LogP contribution in [0, 0.1) is 5.92 Å². The van der Waals surface area contributed by atoms with Gasteiger partial charge in [0.05, 0.1) is 4.47 Å². The summed E-state index contributed by atoms with van der Waals surface area (Å²) in [5, 5.41) is 13.6. The van der Waals surface area contributed by atoms with Gasteiger partial charge >= 0.3 is 0 Å². The summed E-state index contributed by atoms with van der Waals surface area (Å²) in [6.45, 7) is 5.93. The Labute approximate surface area is 122 Å². The second kappa shape index (κ2) is 8.00. The quantitative estimate of drug-likeness (QED) is 0.804. The summed E-state index contributed by atoms with van der Waals surface area (Å²) in [7, 11) is 0. The Kier molecular flexibility index (Phi) is 7.00. The summed E-state index contributed by atoms with van der Waals surface area (Å²) in [6, 6.07) is 5.30. The molecule has 18 heavy (non-hydrogen) atoms. The van der Waals surface area contributed by atoms with E-state index in [-0.39, 0.29) is 6.61 Å². The zero-order chi connectivity index (χ0) is 13.5. The Morgan fingerprint density at radius 1 is 1.39 bits per heavy atom. The molecule has 0 aliphatic carbocycles. The van der Waals surface area contributed by atoms with Crippen LogP contribution < -0.4 is 10.1 Å². The molecule has 0 fully saturated rings. The molecule has 0 aliphatic rings. The summed E-state index contributed by atoms with van der Waals surface area (Å²) < 4.78 is 6.30. The monoisotopic (exact) mass is 335 g/mol. The highest BCUT2D eigenvalue weighted by atomic mass is 79.9. The lowest BCUT2D eigenvalue weighted by Gasteiger charge is -2.15. The van der Waals surface area contributed by atoms with E-state index in [1.807, 2.05) is 0 Å². The van der Waals surface area contributed by atoms with E-state index in [2.05, 4.69) is 35.1 Å². The van der Waals surface area contributed by atoms with E-state index >= 15 is 0 Å². The van der Waals surface area contributed by atoms with Crippen LogP contribution in [0.5, 0.6) is 5.75 Å². The Hall–Kier alpha value is -0.290. The standard InChI is InChI=1S/C13H19BrClNO2/c1-9(2)6-16-7-11(17)8-18-13-4-3-10(15)5-12(13)14/h3-5,9,11,16-17H,6-8H2,1-2H3. The van der Waals surface area contributed by atoms with Crippen molar-refractivity contribution in [2.24, 2.45) is 5.92 Å². The van der Waals surface area contributed by atoms with Crippen molar-refractivity contribution in [3.8, 4) is 5.75 Å². The van der Waals surface area contributed by atoms with Gasteiger partial charge in [-0.05, 0) is 46.6 Å². The van der Waals surface area contributed by atoms with Gasteiger partial charge in [0, 0.05) is 11.6 Å². The van der Waals surface area contributed by atoms with Crippen LogP contribution in [-0.2, 0) is 0 Å². The maximum absolute atomic E-state index is 9.74. The minimum Gasteiger partial charge on any atom is -0.490 e. The van der Waals surface area contributed by atoms with Crippen LogP contribution >= 0.6 is 27.5 Å². The molecule has 0 saturated heterocycles. The van der Waals surface area contributed by atoms with Crippen molar-refractivity contribution in [3.63, 3.8) is 0 Å². The maximum atomic E-state index is 9.74. The Morgan fingerprint density at radius 3 is 2.72 bits per heavy atom. The van der Waals surface area contributed by atoms with Gasteiger partial charge in [0.15, 0.2) is 0 Å². The third kappa shape index (κ3) is 6.05. The normalized spacial score (nSPS) is 12.8. The highest BCUT2D eigenvalue weighted by Crippen LogP contribution is 2.27. The van der Waals surface area contributed by atoms with Crippen molar-refractivity contribution in [3.05, 3.63) is 27.7 Å². The molecule has 5 heteroatoms. The summed E-state index contributed by atoms with van der Waals surface area (Å²) >= 11 is 9.20. The molecule has 0 aliphatic heterocycles. The van der Waals surface area contributed by atoms with E-state index < -0.39 is 6.10 Å². The fraction of sp³-hybridized carbons (Fsp3) is 0.538. The first kappa shape index (κ1) is 15.8. The SMILES string of the molecule is CC(C)CNCC(O)COc1ccc(Cl)cc1Br. The second-order valence-electron chi connectivity index (χ2n) is 4.59. The number of aliphatic hydroxyl groups excluding tert-OH is 1. The molecule has 0 aromatic heterocycles. The van der Waals surface area contributed by atoms with Crippen LogP contribution in [-0.4, -0.2) is 30.9 Å². The van der Waals surface area contributed by atoms with E-state index in [9.17, 15) is 5.11 Å². The lowest BCUT2D eigenvalue weighted by atomic mass is 10.2. The first-order chi connectivity index (χ1) is 8.49. The van der Waals surface area contributed by atoms with Gasteiger partial charge in [0.2, 0.25) is 0 Å². The summed E-state index contributed by atoms with van der Waals surface area (Å²) in [4.78, 5) is 0. The maximum Gasteiger partial charge on any atom is 0.133 e. The van der Waals surface area contributed by atoms with Crippen LogP contribution in [0.1, 0.15) is 13.8 Å². The summed E-state index contributed by atoms with van der Waals surface area (Å²) in [6.07, 6.45) is -0.522. The average molecular weight is 337 g/mol. The van der Waals surface area contributed by atoms with Gasteiger partial charge in [0.25, 0.3) is 0 Å². The predicted octanol–water partition coefficient (Wildman–Crippen LogP) is 3.09. The van der Waals surface area contributed by atoms with Gasteiger partial charge in [-0.1, -0.05) is 25.4 Å². The molecule has 0 radical (unpaired) electrons. The molecule has 1 rings (SSSR count). The number of halogens is 2. The molecule has 0 saturated carbocycles. The molecule has 102 valence electrons. The van der Waals surface area contributed by atoms with Gasteiger partial charge in [-0.2, -0.15) is 0 Å². The van der Waals surface area contributed by atoms with Crippen LogP contribution in [0.4, 0.5) is 0 Å². The summed E-state index contributed by atoms with van der Waals surface area (Å²) in [5.74, 6) is 1.26. The molecule has 0 spiro atoms. The van der Waals surface area contributed by atoms with Crippen molar-refractivity contribution in [1.29, 1.82) is 0 Å². The van der Waals surface area contributed by atoms with Crippen molar-refractivity contribution < 1.29 is 9.84 Å². The molecule has 3 nitrogen and oxygen atoms in total. The Bertz CT molecular complexity index is 374. The second-order valence-corrected chi connectivity index (χ2v) is 5.88. The number of hydrogen-bond donors (Lipinski definition) is 2. The molecule has 1 aromatic carbocycles. The topological polar surface area (TPSA) is 41.5 Å². The molecule has 0 heterocycles. The van der Waals surface area contributed by atoms with Crippen LogP contribution in [0.25, 0.3) is 0 Å². The highest BCUT2D eigenvalue weighted by Gasteiger charge is 2.07. The zero-order valence-electron chi connectivity index (χ0n) is 10.6. The predicted molar refractivity (Wildman–Crippen MR) is 78.4 cm³/mol. The number of benzene rings is 1. The molecule has 1 atom stereocenters. The zero-order valence-corrected chi connectivity index (χ0v) is 13.0. The third-order valence-corrected chi connectivity index (χ3v) is 3.11. The van der Waals surface area contributed by atoms with Gasteiger partial charge < -0.3 is 15.2 Å². The highest BCUT2D eigenvalue weighted by molar-refractivity contribution is 9.10. The molecule has 0 bridgehead atoms. The molecular formula is C13H19BrClNO2. The molecule has 1 aromatic rings. The number of ether oxygens (including phenoxy) is 1. The van der Waals surface area contributed by atoms with E-state index in [0.717, 1.165) is 11.0 Å². The number of rotatable bonds is 7. The summed E-state index contributed by atoms with van der Waals surface area (Å²) in [5.41, 5.74) is 0. The Balaban J connectivity index is 2.31. The fourth-order valence-corrected chi connectivity index (χ4v) is 2.17. The third-order valence-electron chi connectivity index (χ3n) is 2.26. The fourth-order valence-electron chi connectivity index (χ4n) is 1.38. The van der Waals surface area contributed by atoms with Crippen molar-refractivity contribution in [1.82, 2.24) is 5.32 Å². The van der Waals surface area contributed by atoms with Crippen molar-refractivity contribution >= 4 is 27.5 Å². The van der Waals surface area contributed by atoms with E-state index in [0.29, 0.717) is 23.2 Å². The number of hydrogen-bond acceptors (Lipinski definition) is 3. The van der Waals surface area contributed by atoms with Gasteiger partial charge in [-0.3, -0.25) is 0 Å².